The third-order valence-corrected chi connectivity index (χ3v) is 6.63. The average molecular weight is 371 g/mol. The second-order valence-electron chi connectivity index (χ2n) is 9.00. The normalized spacial score (nSPS) is 35.0. The molecule has 2 unspecified atom stereocenters. The Hall–Kier alpha value is -2.28. The van der Waals surface area contributed by atoms with Gasteiger partial charge < -0.3 is 5.32 Å². The maximum Gasteiger partial charge on any atom is 0.250 e. The van der Waals surface area contributed by atoms with Gasteiger partial charge in [0.05, 0.1) is 11.8 Å². The molecule has 0 aliphatic carbocycles. The minimum absolute atomic E-state index is 0.168. The highest BCUT2D eigenvalue weighted by molar-refractivity contribution is 6.15. The molecule has 1 N–H and O–H groups in total. The van der Waals surface area contributed by atoms with Crippen molar-refractivity contribution in [1.82, 2.24) is 9.80 Å². The van der Waals surface area contributed by atoms with Gasteiger partial charge in [0, 0.05) is 22.8 Å². The van der Waals surface area contributed by atoms with Gasteiger partial charge in [-0.15, -0.1) is 0 Å². The van der Waals surface area contributed by atoms with Crippen LogP contribution < -0.4 is 5.32 Å². The summed E-state index contributed by atoms with van der Waals surface area (Å²) in [5.74, 6) is -2.66. The van der Waals surface area contributed by atoms with Crippen LogP contribution in [-0.2, 0) is 19.9 Å². The number of fused-ring (bicyclic) bond motifs is 7. The number of anilines is 1. The minimum Gasteiger partial charge on any atom is -0.324 e. The van der Waals surface area contributed by atoms with E-state index in [0.29, 0.717) is 17.8 Å². The van der Waals surface area contributed by atoms with Gasteiger partial charge >= 0.3 is 0 Å². The third-order valence-electron chi connectivity index (χ3n) is 6.63. The Balaban J connectivity index is 1.77. The van der Waals surface area contributed by atoms with Gasteiger partial charge in [-0.1, -0.05) is 0 Å². The number of rotatable bonds is 0. The number of halogens is 1. The molecule has 4 aliphatic heterocycles. The lowest BCUT2D eigenvalue weighted by Crippen LogP contribution is -2.56. The first-order valence-electron chi connectivity index (χ1n) is 9.45. The van der Waals surface area contributed by atoms with E-state index in [4.69, 9.17) is 0 Å². The van der Waals surface area contributed by atoms with Crippen molar-refractivity contribution in [2.45, 2.75) is 50.7 Å². The van der Waals surface area contributed by atoms with E-state index in [1.54, 1.807) is 6.07 Å². The second kappa shape index (κ2) is 4.95. The van der Waals surface area contributed by atoms with Crippen molar-refractivity contribution in [2.75, 3.05) is 11.9 Å². The Morgan fingerprint density at radius 3 is 2.63 bits per heavy atom. The fraction of sp³-hybridized carbons (Fsp3) is 0.550. The summed E-state index contributed by atoms with van der Waals surface area (Å²) in [5.41, 5.74) is -0.940. The van der Waals surface area contributed by atoms with Gasteiger partial charge in [0.25, 0.3) is 0 Å². The fourth-order valence-electron chi connectivity index (χ4n) is 5.84. The van der Waals surface area contributed by atoms with Crippen LogP contribution in [0.3, 0.4) is 0 Å². The number of nitrogens with zero attached hydrogens (tertiary/aromatic N) is 2. The number of carbonyl (C=O) groups is 3. The Kier molecular flexibility index (Phi) is 3.09. The zero-order valence-corrected chi connectivity index (χ0v) is 15.6. The zero-order chi connectivity index (χ0) is 19.3. The average Bonchev–Trinajstić information content (AvgIpc) is 3.25. The van der Waals surface area contributed by atoms with Gasteiger partial charge in [-0.2, -0.15) is 0 Å². The van der Waals surface area contributed by atoms with Gasteiger partial charge in [0.2, 0.25) is 17.7 Å². The van der Waals surface area contributed by atoms with Crippen molar-refractivity contribution < 1.29 is 18.8 Å². The van der Waals surface area contributed by atoms with Crippen molar-refractivity contribution in [3.8, 4) is 0 Å². The van der Waals surface area contributed by atoms with E-state index >= 15 is 0 Å². The number of nitrogens with one attached hydrogen (secondary N) is 1. The molecule has 4 atom stereocenters. The van der Waals surface area contributed by atoms with Crippen LogP contribution in [-0.4, -0.2) is 45.6 Å². The highest BCUT2D eigenvalue weighted by atomic mass is 19.1. The van der Waals surface area contributed by atoms with E-state index < -0.39 is 28.7 Å². The second-order valence-corrected chi connectivity index (χ2v) is 9.00. The number of hydrogen-bond donors (Lipinski definition) is 1. The first kappa shape index (κ1) is 16.9. The van der Waals surface area contributed by atoms with Crippen LogP contribution in [0.4, 0.5) is 10.1 Å². The van der Waals surface area contributed by atoms with Crippen LogP contribution >= 0.6 is 0 Å². The summed E-state index contributed by atoms with van der Waals surface area (Å²) in [5, 5.41) is 2.84. The van der Waals surface area contributed by atoms with Crippen LogP contribution in [0.5, 0.6) is 0 Å². The molecule has 4 heterocycles. The van der Waals surface area contributed by atoms with Crippen molar-refractivity contribution in [3.63, 3.8) is 0 Å². The topological polar surface area (TPSA) is 69.7 Å². The van der Waals surface area contributed by atoms with E-state index in [0.717, 1.165) is 12.8 Å². The first-order valence-corrected chi connectivity index (χ1v) is 9.45. The van der Waals surface area contributed by atoms with Gasteiger partial charge in [-0.3, -0.25) is 24.2 Å². The summed E-state index contributed by atoms with van der Waals surface area (Å²) in [6, 6.07) is 4.02. The lowest BCUT2D eigenvalue weighted by atomic mass is 9.75. The number of carbonyl (C=O) groups excluding carboxylic acids is 3. The number of amides is 3. The molecule has 7 heteroatoms. The molecule has 5 rings (SSSR count). The smallest absolute Gasteiger partial charge is 0.250 e. The molecular formula is C20H22FN3O3. The van der Waals surface area contributed by atoms with E-state index in [1.807, 2.05) is 25.7 Å². The molecule has 1 spiro atoms. The summed E-state index contributed by atoms with van der Waals surface area (Å²) in [7, 11) is 0. The summed E-state index contributed by atoms with van der Waals surface area (Å²) in [6.45, 7) is 6.10. The summed E-state index contributed by atoms with van der Waals surface area (Å²) in [4.78, 5) is 43.4. The molecule has 0 bridgehead atoms. The van der Waals surface area contributed by atoms with Crippen LogP contribution in [0.2, 0.25) is 0 Å². The molecule has 142 valence electrons. The van der Waals surface area contributed by atoms with Crippen LogP contribution in [0.25, 0.3) is 0 Å². The Labute approximate surface area is 156 Å². The molecule has 1 aromatic rings. The van der Waals surface area contributed by atoms with Crippen molar-refractivity contribution in [2.24, 2.45) is 11.8 Å². The van der Waals surface area contributed by atoms with Crippen molar-refractivity contribution >= 4 is 23.4 Å². The van der Waals surface area contributed by atoms with Crippen molar-refractivity contribution in [3.05, 3.63) is 29.6 Å². The molecule has 6 nitrogen and oxygen atoms in total. The highest BCUT2D eigenvalue weighted by Gasteiger charge is 2.75. The molecule has 4 aliphatic rings. The van der Waals surface area contributed by atoms with E-state index in [1.165, 1.54) is 17.0 Å². The van der Waals surface area contributed by atoms with E-state index in [9.17, 15) is 18.8 Å². The van der Waals surface area contributed by atoms with Crippen LogP contribution in [0.1, 0.15) is 39.2 Å². The quantitative estimate of drug-likeness (QED) is 0.707. The molecule has 3 saturated heterocycles. The molecule has 0 radical (unpaired) electrons. The van der Waals surface area contributed by atoms with E-state index in [-0.39, 0.29) is 23.8 Å². The standard InChI is InChI=1S/C20H22FN3O3/c1-19(2,3)24-16(25)14-13-5-4-8-23(13)20(15(14)17(24)26)11-9-10(21)6-7-12(11)22-18(20)27/h6-7,9,13-15H,4-5,8H2,1-3H3,(H,22,27)/t13?,14-,15+,20?/m1/s1. The molecule has 27 heavy (non-hydrogen) atoms. The number of benzene rings is 1. The van der Waals surface area contributed by atoms with Crippen LogP contribution in [0, 0.1) is 17.7 Å². The van der Waals surface area contributed by atoms with Gasteiger partial charge in [0.1, 0.15) is 11.4 Å². The SMILES string of the molecule is CC(C)(C)N1C(=O)[C@@H]2C3CCCN3C3(C(=O)Nc4ccc(F)cc43)[C@@H]2C1=O. The first-order chi connectivity index (χ1) is 12.7. The highest BCUT2D eigenvalue weighted by Crippen LogP contribution is 2.60. The minimum atomic E-state index is -1.30. The lowest BCUT2D eigenvalue weighted by molar-refractivity contribution is -0.150. The fourth-order valence-corrected chi connectivity index (χ4v) is 5.84. The molecule has 0 saturated carbocycles. The van der Waals surface area contributed by atoms with Gasteiger partial charge in [-0.25, -0.2) is 4.39 Å². The molecule has 3 amide bonds. The van der Waals surface area contributed by atoms with E-state index in [2.05, 4.69) is 5.32 Å². The molecule has 1 aromatic carbocycles. The maximum absolute atomic E-state index is 14.1. The Morgan fingerprint density at radius 1 is 1.19 bits per heavy atom. The number of hydrogen-bond acceptors (Lipinski definition) is 4. The van der Waals surface area contributed by atoms with Gasteiger partial charge in [-0.05, 0) is 58.4 Å². The predicted octanol–water partition coefficient (Wildman–Crippen LogP) is 1.85. The third kappa shape index (κ3) is 1.81. The summed E-state index contributed by atoms with van der Waals surface area (Å²) in [6.07, 6.45) is 1.61. The molecular weight excluding hydrogens is 349 g/mol. The predicted molar refractivity (Wildman–Crippen MR) is 95.0 cm³/mol. The monoisotopic (exact) mass is 371 g/mol. The van der Waals surface area contributed by atoms with Gasteiger partial charge in [0.15, 0.2) is 0 Å². The summed E-state index contributed by atoms with van der Waals surface area (Å²) >= 11 is 0. The Bertz CT molecular complexity index is 908. The zero-order valence-electron chi connectivity index (χ0n) is 15.6. The van der Waals surface area contributed by atoms with Crippen molar-refractivity contribution in [1.29, 1.82) is 0 Å². The number of likely N-dealkylation sites (tertiary alicyclic amines) is 1. The largest absolute Gasteiger partial charge is 0.324 e. The summed E-state index contributed by atoms with van der Waals surface area (Å²) < 4.78 is 14.1. The lowest BCUT2D eigenvalue weighted by Gasteiger charge is -2.38. The van der Waals surface area contributed by atoms with Crippen LogP contribution in [0.15, 0.2) is 18.2 Å². The number of imide groups is 1. The molecule has 3 fully saturated rings. The molecule has 0 aromatic heterocycles. The maximum atomic E-state index is 14.1. The Morgan fingerprint density at radius 2 is 1.93 bits per heavy atom.